The van der Waals surface area contributed by atoms with Gasteiger partial charge in [-0.15, -0.1) is 11.8 Å². The monoisotopic (exact) mass is 188 g/mol. The third-order valence-electron chi connectivity index (χ3n) is 1.83. The Bertz CT molecular complexity index is 202. The number of cyclic esters (lactones) is 1. The van der Waals surface area contributed by atoms with E-state index in [1.54, 1.807) is 0 Å². The van der Waals surface area contributed by atoms with Crippen LogP contribution < -0.4 is 0 Å². The minimum absolute atomic E-state index is 0.0966. The highest BCUT2D eigenvalue weighted by Crippen LogP contribution is 2.25. The maximum Gasteiger partial charge on any atom is 0.319 e. The van der Waals surface area contributed by atoms with E-state index in [2.05, 4.69) is 0 Å². The van der Waals surface area contributed by atoms with Crippen LogP contribution in [0, 0.1) is 0 Å². The third kappa shape index (κ3) is 2.24. The van der Waals surface area contributed by atoms with E-state index < -0.39 is 0 Å². The Balaban J connectivity index is 2.40. The van der Waals surface area contributed by atoms with Crippen LogP contribution >= 0.6 is 11.8 Å². The van der Waals surface area contributed by atoms with Gasteiger partial charge in [0.1, 0.15) is 11.0 Å². The van der Waals surface area contributed by atoms with E-state index in [0.717, 1.165) is 6.42 Å². The van der Waals surface area contributed by atoms with E-state index in [9.17, 15) is 9.59 Å². The van der Waals surface area contributed by atoms with Gasteiger partial charge in [-0.2, -0.15) is 0 Å². The molecule has 4 heteroatoms. The average molecular weight is 188 g/mol. The van der Waals surface area contributed by atoms with Gasteiger partial charge in [-0.05, 0) is 13.8 Å². The molecule has 0 aromatic heterocycles. The van der Waals surface area contributed by atoms with E-state index in [1.165, 1.54) is 18.7 Å². The van der Waals surface area contributed by atoms with Crippen LogP contribution in [0.5, 0.6) is 0 Å². The first kappa shape index (κ1) is 9.58. The van der Waals surface area contributed by atoms with Crippen LogP contribution in [-0.4, -0.2) is 28.9 Å². The van der Waals surface area contributed by atoms with Gasteiger partial charge < -0.3 is 4.74 Å². The fourth-order valence-electron chi connectivity index (χ4n) is 0.943. The minimum Gasteiger partial charge on any atom is -0.465 e. The first-order chi connectivity index (χ1) is 5.61. The lowest BCUT2D eigenvalue weighted by molar-refractivity contribution is -0.137. The lowest BCUT2D eigenvalue weighted by Crippen LogP contribution is -2.18. The number of carbonyl (C=O) groups is 2. The second kappa shape index (κ2) is 3.94. The highest BCUT2D eigenvalue weighted by Gasteiger charge is 2.29. The SMILES string of the molecule is CC(=O)C(C)SC1CCOC1=O. The molecule has 1 fully saturated rings. The number of carbonyl (C=O) groups excluding carboxylic acids is 2. The van der Waals surface area contributed by atoms with Crippen LogP contribution in [0.15, 0.2) is 0 Å². The van der Waals surface area contributed by atoms with Gasteiger partial charge in [0.2, 0.25) is 0 Å². The minimum atomic E-state index is -0.173. The van der Waals surface area contributed by atoms with Gasteiger partial charge in [-0.3, -0.25) is 9.59 Å². The predicted octanol–water partition coefficient (Wildman–Crippen LogP) is 1.01. The second-order valence-corrected chi connectivity index (χ2v) is 4.38. The Morgan fingerprint density at radius 2 is 2.42 bits per heavy atom. The van der Waals surface area contributed by atoms with Gasteiger partial charge in [-0.1, -0.05) is 0 Å². The molecule has 1 aliphatic heterocycles. The summed E-state index contributed by atoms with van der Waals surface area (Å²) in [5.74, 6) is -0.0622. The van der Waals surface area contributed by atoms with Crippen molar-refractivity contribution < 1.29 is 14.3 Å². The molecule has 2 atom stereocenters. The van der Waals surface area contributed by atoms with E-state index in [1.807, 2.05) is 6.92 Å². The number of ether oxygens (including phenoxy) is 1. The maximum absolute atomic E-state index is 11.0. The first-order valence-electron chi connectivity index (χ1n) is 3.94. The van der Waals surface area contributed by atoms with Crippen molar-refractivity contribution in [2.45, 2.75) is 30.8 Å². The van der Waals surface area contributed by atoms with Gasteiger partial charge in [0.25, 0.3) is 0 Å². The van der Waals surface area contributed by atoms with Crippen LogP contribution in [0.3, 0.4) is 0 Å². The number of ketones is 1. The highest BCUT2D eigenvalue weighted by molar-refractivity contribution is 8.01. The quantitative estimate of drug-likeness (QED) is 0.620. The number of rotatable bonds is 3. The normalized spacial score (nSPS) is 25.2. The number of Topliss-reactive ketones (excluding diaryl/α,β-unsaturated/α-hetero) is 1. The Kier molecular flexibility index (Phi) is 3.14. The molecule has 0 radical (unpaired) electrons. The van der Waals surface area contributed by atoms with E-state index >= 15 is 0 Å². The molecule has 1 aliphatic rings. The Labute approximate surface area is 75.8 Å². The molecule has 0 spiro atoms. The molecule has 0 aromatic rings. The smallest absolute Gasteiger partial charge is 0.319 e. The molecule has 0 aromatic carbocycles. The lowest BCUT2D eigenvalue weighted by Gasteiger charge is -2.09. The van der Waals surface area contributed by atoms with Gasteiger partial charge in [-0.25, -0.2) is 0 Å². The molecule has 0 N–H and O–H groups in total. The van der Waals surface area contributed by atoms with Crippen LogP contribution in [-0.2, 0) is 14.3 Å². The van der Waals surface area contributed by atoms with E-state index in [4.69, 9.17) is 4.74 Å². The van der Waals surface area contributed by atoms with Crippen LogP contribution in [0.2, 0.25) is 0 Å². The summed E-state index contributed by atoms with van der Waals surface area (Å²) in [4.78, 5) is 21.8. The van der Waals surface area contributed by atoms with Gasteiger partial charge in [0, 0.05) is 6.42 Å². The molecular formula is C8H12O3S. The van der Waals surface area contributed by atoms with Crippen molar-refractivity contribution in [1.29, 1.82) is 0 Å². The Morgan fingerprint density at radius 3 is 2.83 bits per heavy atom. The Morgan fingerprint density at radius 1 is 1.75 bits per heavy atom. The van der Waals surface area contributed by atoms with Gasteiger partial charge in [0.15, 0.2) is 0 Å². The highest BCUT2D eigenvalue weighted by atomic mass is 32.2. The van der Waals surface area contributed by atoms with Crippen molar-refractivity contribution in [3.05, 3.63) is 0 Å². The number of hydrogen-bond donors (Lipinski definition) is 0. The molecular weight excluding hydrogens is 176 g/mol. The van der Waals surface area contributed by atoms with Crippen molar-refractivity contribution in [2.24, 2.45) is 0 Å². The van der Waals surface area contributed by atoms with E-state index in [-0.39, 0.29) is 22.3 Å². The van der Waals surface area contributed by atoms with Gasteiger partial charge in [0.05, 0.1) is 11.9 Å². The molecule has 0 aliphatic carbocycles. The summed E-state index contributed by atoms with van der Waals surface area (Å²) in [5, 5.41) is -0.218. The Hall–Kier alpha value is -0.510. The van der Waals surface area contributed by atoms with Crippen LogP contribution in [0.25, 0.3) is 0 Å². The summed E-state index contributed by atoms with van der Waals surface area (Å²) < 4.78 is 4.78. The van der Waals surface area contributed by atoms with Crippen molar-refractivity contribution in [1.82, 2.24) is 0 Å². The van der Waals surface area contributed by atoms with Crippen LogP contribution in [0.4, 0.5) is 0 Å². The average Bonchev–Trinajstić information content (AvgIpc) is 2.36. The molecule has 0 saturated carbocycles. The molecule has 0 bridgehead atoms. The predicted molar refractivity (Wildman–Crippen MR) is 47.1 cm³/mol. The molecule has 1 saturated heterocycles. The second-order valence-electron chi connectivity index (χ2n) is 2.83. The molecule has 1 heterocycles. The van der Waals surface area contributed by atoms with Crippen molar-refractivity contribution in [2.75, 3.05) is 6.61 Å². The molecule has 3 nitrogen and oxygen atoms in total. The van der Waals surface area contributed by atoms with Crippen molar-refractivity contribution in [3.63, 3.8) is 0 Å². The van der Waals surface area contributed by atoms with Gasteiger partial charge >= 0.3 is 5.97 Å². The molecule has 0 amide bonds. The fraction of sp³-hybridized carbons (Fsp3) is 0.750. The third-order valence-corrected chi connectivity index (χ3v) is 3.32. The zero-order valence-corrected chi connectivity index (χ0v) is 8.02. The van der Waals surface area contributed by atoms with Crippen LogP contribution in [0.1, 0.15) is 20.3 Å². The lowest BCUT2D eigenvalue weighted by atomic mass is 10.3. The zero-order chi connectivity index (χ0) is 9.14. The first-order valence-corrected chi connectivity index (χ1v) is 4.88. The summed E-state index contributed by atoms with van der Waals surface area (Å²) in [6, 6.07) is 0. The molecule has 12 heavy (non-hydrogen) atoms. The summed E-state index contributed by atoms with van der Waals surface area (Å²) in [7, 11) is 0. The number of thioether (sulfide) groups is 1. The maximum atomic E-state index is 11.0. The summed E-state index contributed by atoms with van der Waals surface area (Å²) in [5.41, 5.74) is 0. The molecule has 2 unspecified atom stereocenters. The summed E-state index contributed by atoms with van der Waals surface area (Å²) >= 11 is 1.40. The number of hydrogen-bond acceptors (Lipinski definition) is 4. The fourth-order valence-corrected chi connectivity index (χ4v) is 2.04. The topological polar surface area (TPSA) is 43.4 Å². The van der Waals surface area contributed by atoms with Crippen molar-refractivity contribution >= 4 is 23.5 Å². The standard InChI is InChI=1S/C8H12O3S/c1-5(9)6(2)12-7-3-4-11-8(7)10/h6-7H,3-4H2,1-2H3. The summed E-state index contributed by atoms with van der Waals surface area (Å²) in [6.45, 7) is 3.86. The zero-order valence-electron chi connectivity index (χ0n) is 7.20. The van der Waals surface area contributed by atoms with Crippen molar-refractivity contribution in [3.8, 4) is 0 Å². The van der Waals surface area contributed by atoms with E-state index in [0.29, 0.717) is 6.61 Å². The number of esters is 1. The molecule has 68 valence electrons. The molecule has 1 rings (SSSR count). The summed E-state index contributed by atoms with van der Waals surface area (Å²) in [6.07, 6.45) is 0.737. The largest absolute Gasteiger partial charge is 0.465 e.